The molecule has 0 amide bonds. The lowest BCUT2D eigenvalue weighted by Crippen LogP contribution is -2.12. The third-order valence-electron chi connectivity index (χ3n) is 4.87. The number of alkyl halides is 1. The average molecular weight is 281 g/mol. The van der Waals surface area contributed by atoms with Gasteiger partial charge in [-0.15, -0.1) is 11.6 Å². The van der Waals surface area contributed by atoms with Crippen molar-refractivity contribution >= 4 is 11.6 Å². The summed E-state index contributed by atoms with van der Waals surface area (Å²) in [6.45, 7) is 11.9. The van der Waals surface area contributed by atoms with E-state index >= 15 is 0 Å². The second-order valence-corrected chi connectivity index (χ2v) is 6.40. The van der Waals surface area contributed by atoms with E-state index in [1.807, 2.05) is 0 Å². The normalized spacial score (nSPS) is 20.8. The Bertz CT molecular complexity index is 444. The fraction of sp³-hybridized carbons (Fsp3) is 0.647. The summed E-state index contributed by atoms with van der Waals surface area (Å²) in [6.07, 6.45) is 3.62. The van der Waals surface area contributed by atoms with Crippen molar-refractivity contribution in [3.05, 3.63) is 33.4 Å². The predicted octanol–water partition coefficient (Wildman–Crippen LogP) is 5.08. The first-order chi connectivity index (χ1) is 8.93. The maximum absolute atomic E-state index is 6.71. The molecule has 19 heavy (non-hydrogen) atoms. The molecule has 0 N–H and O–H groups in total. The number of hydrogen-bond donors (Lipinski definition) is 0. The molecule has 1 fully saturated rings. The summed E-state index contributed by atoms with van der Waals surface area (Å²) in [6, 6.07) is 0. The Hall–Kier alpha value is -0.530. The Balaban J connectivity index is 2.32. The Labute approximate surface area is 122 Å². The highest BCUT2D eigenvalue weighted by molar-refractivity contribution is 6.21. The van der Waals surface area contributed by atoms with Gasteiger partial charge in [0.25, 0.3) is 0 Å². The maximum atomic E-state index is 6.71. The van der Waals surface area contributed by atoms with E-state index in [-0.39, 0.29) is 5.38 Å². The van der Waals surface area contributed by atoms with Gasteiger partial charge in [0, 0.05) is 6.61 Å². The summed E-state index contributed by atoms with van der Waals surface area (Å²) in [5.74, 6) is 0. The summed E-state index contributed by atoms with van der Waals surface area (Å²) < 4.78 is 5.72. The van der Waals surface area contributed by atoms with Gasteiger partial charge in [-0.2, -0.15) is 0 Å². The molecular weight excluding hydrogens is 256 g/mol. The molecule has 1 heterocycles. The maximum Gasteiger partial charge on any atom is 0.0615 e. The Kier molecular flexibility index (Phi) is 4.58. The van der Waals surface area contributed by atoms with Crippen LogP contribution in [0.5, 0.6) is 0 Å². The smallest absolute Gasteiger partial charge is 0.0615 e. The lowest BCUT2D eigenvalue weighted by Gasteiger charge is -2.23. The standard InChI is InChI=1S/C17H25ClO/c1-10-11(2)13(4)17(14(5)12(10)3)16(18)9-15-7-6-8-19-15/h15-16H,6-9H2,1-5H3. The Morgan fingerprint density at radius 1 is 1.00 bits per heavy atom. The average Bonchev–Trinajstić information content (AvgIpc) is 2.87. The minimum absolute atomic E-state index is 0.0705. The first kappa shape index (κ1) is 14.9. The van der Waals surface area contributed by atoms with Gasteiger partial charge in [0.1, 0.15) is 0 Å². The third-order valence-corrected chi connectivity index (χ3v) is 5.26. The fourth-order valence-electron chi connectivity index (χ4n) is 3.18. The molecule has 0 bridgehead atoms. The second-order valence-electron chi connectivity index (χ2n) is 5.88. The highest BCUT2D eigenvalue weighted by Crippen LogP contribution is 2.37. The van der Waals surface area contributed by atoms with Crippen molar-refractivity contribution in [2.24, 2.45) is 0 Å². The van der Waals surface area contributed by atoms with Crippen molar-refractivity contribution in [3.63, 3.8) is 0 Å². The van der Waals surface area contributed by atoms with Gasteiger partial charge in [-0.25, -0.2) is 0 Å². The number of ether oxygens (including phenoxy) is 1. The number of halogens is 1. The fourth-order valence-corrected chi connectivity index (χ4v) is 3.70. The number of rotatable bonds is 3. The minimum Gasteiger partial charge on any atom is -0.378 e. The summed E-state index contributed by atoms with van der Waals surface area (Å²) in [4.78, 5) is 0. The Morgan fingerprint density at radius 2 is 1.53 bits per heavy atom. The van der Waals surface area contributed by atoms with Crippen LogP contribution in [0.3, 0.4) is 0 Å². The van der Waals surface area contributed by atoms with Gasteiger partial charge in [-0.1, -0.05) is 0 Å². The predicted molar refractivity (Wildman–Crippen MR) is 82.3 cm³/mol. The topological polar surface area (TPSA) is 9.23 Å². The minimum atomic E-state index is 0.0705. The van der Waals surface area contributed by atoms with Crippen molar-refractivity contribution in [2.75, 3.05) is 6.61 Å². The molecule has 2 rings (SSSR count). The molecular formula is C17H25ClO. The van der Waals surface area contributed by atoms with Gasteiger partial charge in [0.05, 0.1) is 11.5 Å². The third kappa shape index (κ3) is 2.83. The zero-order valence-electron chi connectivity index (χ0n) is 12.8. The van der Waals surface area contributed by atoms with E-state index in [1.54, 1.807) is 0 Å². The van der Waals surface area contributed by atoms with Crippen molar-refractivity contribution < 1.29 is 4.74 Å². The molecule has 1 nitrogen and oxygen atoms in total. The van der Waals surface area contributed by atoms with E-state index < -0.39 is 0 Å². The van der Waals surface area contributed by atoms with Crippen LogP contribution in [0.1, 0.15) is 58.0 Å². The van der Waals surface area contributed by atoms with Crippen LogP contribution in [-0.2, 0) is 4.74 Å². The Morgan fingerprint density at radius 3 is 2.00 bits per heavy atom. The van der Waals surface area contributed by atoms with Gasteiger partial charge in [0.15, 0.2) is 0 Å². The lowest BCUT2D eigenvalue weighted by molar-refractivity contribution is 0.103. The summed E-state index contributed by atoms with van der Waals surface area (Å²) in [5.41, 5.74) is 8.22. The van der Waals surface area contributed by atoms with Crippen LogP contribution < -0.4 is 0 Å². The van der Waals surface area contributed by atoms with E-state index in [4.69, 9.17) is 16.3 Å². The van der Waals surface area contributed by atoms with E-state index in [0.717, 1.165) is 19.4 Å². The van der Waals surface area contributed by atoms with Crippen LogP contribution in [-0.4, -0.2) is 12.7 Å². The van der Waals surface area contributed by atoms with Crippen molar-refractivity contribution in [3.8, 4) is 0 Å². The van der Waals surface area contributed by atoms with Crippen molar-refractivity contribution in [1.82, 2.24) is 0 Å². The van der Waals surface area contributed by atoms with Crippen LogP contribution in [0.25, 0.3) is 0 Å². The molecule has 2 heteroatoms. The highest BCUT2D eigenvalue weighted by atomic mass is 35.5. The summed E-state index contributed by atoms with van der Waals surface area (Å²) >= 11 is 6.71. The van der Waals surface area contributed by atoms with Gasteiger partial charge in [-0.05, 0) is 87.3 Å². The monoisotopic (exact) mass is 280 g/mol. The van der Waals surface area contributed by atoms with Crippen LogP contribution in [0.2, 0.25) is 0 Å². The molecule has 0 radical (unpaired) electrons. The van der Waals surface area contributed by atoms with Gasteiger partial charge >= 0.3 is 0 Å². The largest absolute Gasteiger partial charge is 0.378 e. The molecule has 1 aliphatic heterocycles. The molecule has 1 saturated heterocycles. The molecule has 0 spiro atoms. The number of benzene rings is 1. The van der Waals surface area contributed by atoms with E-state index in [0.29, 0.717) is 6.10 Å². The van der Waals surface area contributed by atoms with Crippen LogP contribution in [0.15, 0.2) is 0 Å². The highest BCUT2D eigenvalue weighted by Gasteiger charge is 2.24. The molecule has 0 aliphatic carbocycles. The number of hydrogen-bond acceptors (Lipinski definition) is 1. The van der Waals surface area contributed by atoms with Gasteiger partial charge in [-0.3, -0.25) is 0 Å². The zero-order valence-corrected chi connectivity index (χ0v) is 13.5. The lowest BCUT2D eigenvalue weighted by atomic mass is 9.87. The molecule has 2 unspecified atom stereocenters. The quantitative estimate of drug-likeness (QED) is 0.702. The molecule has 2 atom stereocenters. The van der Waals surface area contributed by atoms with Crippen LogP contribution in [0, 0.1) is 34.6 Å². The first-order valence-electron chi connectivity index (χ1n) is 7.26. The summed E-state index contributed by atoms with van der Waals surface area (Å²) in [7, 11) is 0. The van der Waals surface area contributed by atoms with Gasteiger partial charge in [0.2, 0.25) is 0 Å². The van der Waals surface area contributed by atoms with Crippen molar-refractivity contribution in [1.29, 1.82) is 0 Å². The first-order valence-corrected chi connectivity index (χ1v) is 7.69. The molecule has 1 aromatic rings. The van der Waals surface area contributed by atoms with Crippen LogP contribution >= 0.6 is 11.6 Å². The van der Waals surface area contributed by atoms with Gasteiger partial charge < -0.3 is 4.74 Å². The molecule has 0 aromatic heterocycles. The van der Waals surface area contributed by atoms with Crippen molar-refractivity contribution in [2.45, 2.75) is 65.4 Å². The van der Waals surface area contributed by atoms with Crippen LogP contribution in [0.4, 0.5) is 0 Å². The molecule has 106 valence electrons. The molecule has 1 aromatic carbocycles. The zero-order chi connectivity index (χ0) is 14.2. The second kappa shape index (κ2) is 5.85. The SMILES string of the molecule is Cc1c(C)c(C)c(C(Cl)CC2CCCO2)c(C)c1C. The molecule has 0 saturated carbocycles. The molecule has 1 aliphatic rings. The summed E-state index contributed by atoms with van der Waals surface area (Å²) in [5, 5.41) is 0.0705. The van der Waals surface area contributed by atoms with E-state index in [1.165, 1.54) is 39.8 Å². The van der Waals surface area contributed by atoms with E-state index in [9.17, 15) is 0 Å². The van der Waals surface area contributed by atoms with E-state index in [2.05, 4.69) is 34.6 Å².